The van der Waals surface area contributed by atoms with Crippen LogP contribution < -0.4 is 0 Å². The lowest BCUT2D eigenvalue weighted by atomic mass is 10.1. The largest absolute Gasteiger partial charge is 0.473 e. The van der Waals surface area contributed by atoms with E-state index in [2.05, 4.69) is 12.9 Å². The highest BCUT2D eigenvalue weighted by Gasteiger charge is 1.99. The van der Waals surface area contributed by atoms with Crippen LogP contribution in [0.5, 0.6) is 0 Å². The number of aryl methyl sites for hydroxylation is 1. The number of benzene rings is 1. The van der Waals surface area contributed by atoms with Crippen molar-refractivity contribution in [3.8, 4) is 0 Å². The summed E-state index contributed by atoms with van der Waals surface area (Å²) in [4.78, 5) is 0. The van der Waals surface area contributed by atoms with Gasteiger partial charge in [-0.2, -0.15) is 0 Å². The Morgan fingerprint density at radius 2 is 2.27 bits per heavy atom. The third-order valence-corrected chi connectivity index (χ3v) is 3.59. The summed E-state index contributed by atoms with van der Waals surface area (Å²) >= 11 is 3.36. The fourth-order valence-corrected chi connectivity index (χ4v) is 3.09. The second kappa shape index (κ2) is 4.43. The van der Waals surface area contributed by atoms with Gasteiger partial charge in [-0.1, -0.05) is 11.6 Å². The SMILES string of the molecule is Cc1cc(F)ccc1[CH2][Mg][Br]. The van der Waals surface area contributed by atoms with Gasteiger partial charge in [-0.15, -0.1) is 4.55 Å². The summed E-state index contributed by atoms with van der Waals surface area (Å²) in [5, 5.41) is 0. The molecule has 0 spiro atoms. The van der Waals surface area contributed by atoms with Gasteiger partial charge in [-0.25, -0.2) is 4.39 Å². The molecule has 0 aliphatic heterocycles. The Bertz CT molecular complexity index is 250. The Kier molecular flexibility index (Phi) is 3.82. The van der Waals surface area contributed by atoms with Gasteiger partial charge in [0.05, 0.1) is 0 Å². The van der Waals surface area contributed by atoms with Crippen molar-refractivity contribution in [2.24, 2.45) is 0 Å². The summed E-state index contributed by atoms with van der Waals surface area (Å²) < 4.78 is 13.7. The molecule has 56 valence electrons. The molecule has 0 aromatic heterocycles. The predicted molar refractivity (Wildman–Crippen MR) is 49.5 cm³/mol. The number of hydrogen-bond acceptors (Lipinski definition) is 0. The van der Waals surface area contributed by atoms with Crippen LogP contribution in [-0.4, -0.2) is 18.2 Å². The molecule has 0 unspecified atom stereocenters. The van der Waals surface area contributed by atoms with Crippen molar-refractivity contribution in [1.82, 2.24) is 0 Å². The lowest BCUT2D eigenvalue weighted by Gasteiger charge is -2.01. The van der Waals surface area contributed by atoms with E-state index in [9.17, 15) is 4.39 Å². The molecular weight excluding hydrogens is 219 g/mol. The van der Waals surface area contributed by atoms with Gasteiger partial charge in [0.1, 0.15) is 5.82 Å². The lowest BCUT2D eigenvalue weighted by Crippen LogP contribution is -1.92. The molecule has 0 radical (unpaired) electrons. The fourth-order valence-electron chi connectivity index (χ4n) is 1.04. The summed E-state index contributed by atoms with van der Waals surface area (Å²) in [5.41, 5.74) is 2.34. The monoisotopic (exact) mass is 226 g/mol. The Morgan fingerprint density at radius 1 is 1.55 bits per heavy atom. The second-order valence-electron chi connectivity index (χ2n) is 2.51. The zero-order valence-electron chi connectivity index (χ0n) is 6.40. The van der Waals surface area contributed by atoms with Crippen LogP contribution in [0.4, 0.5) is 4.39 Å². The van der Waals surface area contributed by atoms with E-state index >= 15 is 0 Å². The first-order chi connectivity index (χ1) is 5.24. The molecule has 0 aliphatic carbocycles. The third kappa shape index (κ3) is 2.73. The van der Waals surface area contributed by atoms with Crippen LogP contribution in [0.1, 0.15) is 11.1 Å². The maximum Gasteiger partial charge on any atom is 0.473 e. The van der Waals surface area contributed by atoms with Crippen LogP contribution in [0.25, 0.3) is 0 Å². The molecule has 0 amide bonds. The first-order valence-corrected chi connectivity index (χ1v) is 8.45. The molecule has 1 aromatic rings. The van der Waals surface area contributed by atoms with Crippen LogP contribution in [-0.2, 0) is 4.55 Å². The Labute approximate surface area is 81.8 Å². The molecule has 0 fully saturated rings. The van der Waals surface area contributed by atoms with Gasteiger partial charge in [-0.05, 0) is 24.6 Å². The molecule has 0 aliphatic rings. The first-order valence-electron chi connectivity index (χ1n) is 3.55. The van der Waals surface area contributed by atoms with E-state index in [1.54, 1.807) is 6.07 Å². The number of hydrogen-bond donors (Lipinski definition) is 0. The maximum absolute atomic E-state index is 12.6. The molecule has 11 heavy (non-hydrogen) atoms. The molecule has 0 atom stereocenters. The third-order valence-electron chi connectivity index (χ3n) is 1.67. The van der Waals surface area contributed by atoms with E-state index in [1.165, 1.54) is 11.6 Å². The summed E-state index contributed by atoms with van der Waals surface area (Å²) in [6, 6.07) is 4.99. The van der Waals surface area contributed by atoms with E-state index < -0.39 is 0 Å². The van der Waals surface area contributed by atoms with Gasteiger partial charge >= 0.3 is 18.2 Å². The molecule has 3 heteroatoms. The summed E-state index contributed by atoms with van der Waals surface area (Å²) in [6.07, 6.45) is 0. The van der Waals surface area contributed by atoms with Crippen molar-refractivity contribution < 1.29 is 4.39 Å². The second-order valence-corrected chi connectivity index (χ2v) is 5.77. The van der Waals surface area contributed by atoms with E-state index in [0.717, 1.165) is 10.1 Å². The molecule has 0 saturated carbocycles. The predicted octanol–water partition coefficient (Wildman–Crippen LogP) is 2.65. The number of halogens is 2. The van der Waals surface area contributed by atoms with Gasteiger partial charge in [0, 0.05) is 0 Å². The van der Waals surface area contributed by atoms with Crippen molar-refractivity contribution >= 4 is 31.1 Å². The average molecular weight is 227 g/mol. The molecule has 0 heterocycles. The Hall–Kier alpha value is 0.396. The van der Waals surface area contributed by atoms with E-state index in [4.69, 9.17) is 0 Å². The van der Waals surface area contributed by atoms with Crippen LogP contribution in [0, 0.1) is 12.7 Å². The van der Waals surface area contributed by atoms with Crippen LogP contribution in [0.15, 0.2) is 18.2 Å². The standard InChI is InChI=1S/C8H8F.BrH.Mg/c1-6-3-4-8(9)5-7(6)2;;/h3-5H,1H2,2H3;1H;/q;;+1/p-1. The first kappa shape index (κ1) is 9.48. The van der Waals surface area contributed by atoms with Crippen molar-refractivity contribution in [2.75, 3.05) is 0 Å². The zero-order chi connectivity index (χ0) is 8.27. The highest BCUT2D eigenvalue weighted by atomic mass is 79.9. The molecular formula is C8H8BrFMg. The minimum absolute atomic E-state index is 0.128. The molecule has 0 nitrogen and oxygen atoms in total. The van der Waals surface area contributed by atoms with Gasteiger partial charge in [0.15, 0.2) is 0 Å². The van der Waals surface area contributed by atoms with E-state index in [-0.39, 0.29) is 24.0 Å². The van der Waals surface area contributed by atoms with Crippen molar-refractivity contribution in [3.05, 3.63) is 35.1 Å². The molecule has 0 bridgehead atoms. The Balaban J connectivity index is 2.90. The van der Waals surface area contributed by atoms with Crippen molar-refractivity contribution in [2.45, 2.75) is 11.5 Å². The van der Waals surface area contributed by atoms with Crippen molar-refractivity contribution in [3.63, 3.8) is 0 Å². The van der Waals surface area contributed by atoms with E-state index in [1.807, 2.05) is 13.0 Å². The molecule has 1 aromatic carbocycles. The Morgan fingerprint density at radius 3 is 2.82 bits per heavy atom. The minimum atomic E-state index is -0.137. The number of rotatable bonds is 2. The summed E-state index contributed by atoms with van der Waals surface area (Å²) in [6.45, 7) is 1.95. The minimum Gasteiger partial charge on any atom is -0.306 e. The molecule has 1 rings (SSSR count). The zero-order valence-corrected chi connectivity index (χ0v) is 9.40. The van der Waals surface area contributed by atoms with Gasteiger partial charge in [0.2, 0.25) is 0 Å². The molecule has 0 N–H and O–H groups in total. The van der Waals surface area contributed by atoms with Crippen molar-refractivity contribution in [1.29, 1.82) is 0 Å². The topological polar surface area (TPSA) is 0 Å². The van der Waals surface area contributed by atoms with E-state index in [0.29, 0.717) is 0 Å². The maximum atomic E-state index is 12.6. The van der Waals surface area contributed by atoms with Crippen LogP contribution in [0.2, 0.25) is 0 Å². The van der Waals surface area contributed by atoms with Crippen LogP contribution in [0.3, 0.4) is 0 Å². The normalized spacial score (nSPS) is 9.36. The highest BCUT2D eigenvalue weighted by molar-refractivity contribution is 9.23. The van der Waals surface area contributed by atoms with Gasteiger partial charge in [-0.3, -0.25) is 0 Å². The fraction of sp³-hybridized carbons (Fsp3) is 0.250. The quantitative estimate of drug-likeness (QED) is 0.681. The van der Waals surface area contributed by atoms with Crippen LogP contribution >= 0.6 is 12.9 Å². The average Bonchev–Trinajstić information content (AvgIpc) is 1.95. The summed E-state index contributed by atoms with van der Waals surface area (Å²) in [7, 11) is 0. The summed E-state index contributed by atoms with van der Waals surface area (Å²) in [5.74, 6) is -0.137. The lowest BCUT2D eigenvalue weighted by molar-refractivity contribution is 0.626. The van der Waals surface area contributed by atoms with Gasteiger partial charge < -0.3 is 12.9 Å². The highest BCUT2D eigenvalue weighted by Crippen LogP contribution is 2.10. The van der Waals surface area contributed by atoms with Gasteiger partial charge in [0.25, 0.3) is 0 Å². The molecule has 0 saturated heterocycles. The smallest absolute Gasteiger partial charge is 0.306 e.